The Kier molecular flexibility index (Phi) is 6.89. The van der Waals surface area contributed by atoms with Gasteiger partial charge in [-0.3, -0.25) is 4.79 Å². The second-order valence-corrected chi connectivity index (χ2v) is 5.90. The maximum absolute atomic E-state index is 12.2. The number of benzene rings is 2. The Morgan fingerprint density at radius 3 is 2.50 bits per heavy atom. The van der Waals surface area contributed by atoms with E-state index in [9.17, 15) is 9.59 Å². The van der Waals surface area contributed by atoms with Crippen molar-refractivity contribution in [2.45, 2.75) is 32.0 Å². The molecule has 0 aliphatic heterocycles. The van der Waals surface area contributed by atoms with Crippen molar-refractivity contribution in [3.8, 4) is 6.07 Å². The zero-order chi connectivity index (χ0) is 18.9. The predicted octanol–water partition coefficient (Wildman–Crippen LogP) is 1.68. The number of nitrogens with two attached hydrogens (primary N) is 1. The summed E-state index contributed by atoms with van der Waals surface area (Å²) in [4.78, 5) is 24.2. The van der Waals surface area contributed by atoms with Gasteiger partial charge < -0.3 is 15.8 Å². The van der Waals surface area contributed by atoms with E-state index in [4.69, 9.17) is 15.7 Å². The van der Waals surface area contributed by atoms with E-state index in [2.05, 4.69) is 11.4 Å². The highest BCUT2D eigenvalue weighted by Crippen LogP contribution is 2.09. The lowest BCUT2D eigenvalue weighted by Gasteiger charge is -2.17. The van der Waals surface area contributed by atoms with E-state index in [0.29, 0.717) is 11.1 Å². The Hall–Kier alpha value is -3.17. The molecule has 0 heterocycles. The molecule has 2 aromatic carbocycles. The van der Waals surface area contributed by atoms with Crippen LogP contribution in [0.2, 0.25) is 0 Å². The van der Waals surface area contributed by atoms with Gasteiger partial charge in [0.2, 0.25) is 5.91 Å². The Balaban J connectivity index is 1.85. The first-order chi connectivity index (χ1) is 12.5. The van der Waals surface area contributed by atoms with E-state index in [0.717, 1.165) is 5.56 Å². The van der Waals surface area contributed by atoms with Crippen molar-refractivity contribution in [3.05, 3.63) is 71.3 Å². The number of esters is 1. The molecular weight excluding hydrogens is 330 g/mol. The molecular formula is C20H21N3O3. The van der Waals surface area contributed by atoms with E-state index in [-0.39, 0.29) is 13.0 Å². The van der Waals surface area contributed by atoms with Crippen LogP contribution in [0.1, 0.15) is 23.6 Å². The van der Waals surface area contributed by atoms with Crippen LogP contribution in [0.4, 0.5) is 0 Å². The summed E-state index contributed by atoms with van der Waals surface area (Å²) in [5, 5.41) is 11.6. The zero-order valence-electron chi connectivity index (χ0n) is 14.5. The van der Waals surface area contributed by atoms with E-state index in [1.54, 1.807) is 31.2 Å². The summed E-state index contributed by atoms with van der Waals surface area (Å²) in [6.45, 7) is 1.68. The first kappa shape index (κ1) is 19.2. The van der Waals surface area contributed by atoms with Crippen molar-refractivity contribution >= 4 is 11.9 Å². The third kappa shape index (κ3) is 5.43. The second kappa shape index (κ2) is 9.35. The highest BCUT2D eigenvalue weighted by Gasteiger charge is 2.22. The van der Waals surface area contributed by atoms with Gasteiger partial charge in [-0.05, 0) is 30.5 Å². The van der Waals surface area contributed by atoms with E-state index in [1.807, 2.05) is 30.3 Å². The van der Waals surface area contributed by atoms with E-state index in [1.165, 1.54) is 0 Å². The van der Waals surface area contributed by atoms with E-state index < -0.39 is 24.0 Å². The SMILES string of the molecule is C[C@H](NC(=O)[C@@H](N)Cc1ccccc1C#N)C(=O)OCc1ccccc1. The summed E-state index contributed by atoms with van der Waals surface area (Å²) in [7, 11) is 0. The fraction of sp³-hybridized carbons (Fsp3) is 0.250. The van der Waals surface area contributed by atoms with Gasteiger partial charge in [-0.25, -0.2) is 4.79 Å². The minimum Gasteiger partial charge on any atom is -0.459 e. The maximum atomic E-state index is 12.2. The number of ether oxygens (including phenoxy) is 1. The normalized spacial score (nSPS) is 12.5. The Labute approximate surface area is 152 Å². The van der Waals surface area contributed by atoms with Crippen molar-refractivity contribution in [1.29, 1.82) is 5.26 Å². The standard InChI is InChI=1S/C20H21N3O3/c1-14(20(25)26-13-15-7-3-2-4-8-15)23-19(24)18(22)11-16-9-5-6-10-17(16)12-21/h2-10,14,18H,11,13,22H2,1H3,(H,23,24)/t14-,18-/m0/s1. The highest BCUT2D eigenvalue weighted by atomic mass is 16.5. The number of carbonyl (C=O) groups is 2. The Morgan fingerprint density at radius 1 is 1.15 bits per heavy atom. The smallest absolute Gasteiger partial charge is 0.328 e. The zero-order valence-corrected chi connectivity index (χ0v) is 14.5. The van der Waals surface area contributed by atoms with Crippen LogP contribution in [-0.4, -0.2) is 24.0 Å². The van der Waals surface area contributed by atoms with E-state index >= 15 is 0 Å². The predicted molar refractivity (Wildman–Crippen MR) is 96.7 cm³/mol. The number of rotatable bonds is 7. The Morgan fingerprint density at radius 2 is 1.81 bits per heavy atom. The summed E-state index contributed by atoms with van der Waals surface area (Å²) in [5.74, 6) is -1.01. The van der Waals surface area contributed by atoms with Gasteiger partial charge in [-0.15, -0.1) is 0 Å². The molecule has 0 saturated carbocycles. The topological polar surface area (TPSA) is 105 Å². The summed E-state index contributed by atoms with van der Waals surface area (Å²) >= 11 is 0. The van der Waals surface area contributed by atoms with Gasteiger partial charge in [0.05, 0.1) is 17.7 Å². The monoisotopic (exact) mass is 351 g/mol. The molecule has 0 radical (unpaired) electrons. The lowest BCUT2D eigenvalue weighted by molar-refractivity contribution is -0.148. The molecule has 0 bridgehead atoms. The van der Waals surface area contributed by atoms with Gasteiger partial charge >= 0.3 is 5.97 Å². The maximum Gasteiger partial charge on any atom is 0.328 e. The lowest BCUT2D eigenvalue weighted by atomic mass is 10.0. The highest BCUT2D eigenvalue weighted by molar-refractivity contribution is 5.87. The number of nitrogens with one attached hydrogen (secondary N) is 1. The molecule has 0 spiro atoms. The average Bonchev–Trinajstić information content (AvgIpc) is 2.67. The number of nitrogens with zero attached hydrogens (tertiary/aromatic N) is 1. The summed E-state index contributed by atoms with van der Waals surface area (Å²) < 4.78 is 5.19. The van der Waals surface area contributed by atoms with Gasteiger partial charge in [0.1, 0.15) is 12.6 Å². The van der Waals surface area contributed by atoms with Crippen LogP contribution in [0.25, 0.3) is 0 Å². The molecule has 1 amide bonds. The van der Waals surface area contributed by atoms with Crippen molar-refractivity contribution in [2.24, 2.45) is 5.73 Å². The lowest BCUT2D eigenvalue weighted by Crippen LogP contribution is -2.48. The summed E-state index contributed by atoms with van der Waals surface area (Å²) in [5.41, 5.74) is 7.95. The fourth-order valence-electron chi connectivity index (χ4n) is 2.37. The molecule has 3 N–H and O–H groups in total. The first-order valence-corrected chi connectivity index (χ1v) is 8.25. The van der Waals surface area contributed by atoms with Crippen LogP contribution in [0.3, 0.4) is 0 Å². The van der Waals surface area contributed by atoms with Gasteiger partial charge in [-0.2, -0.15) is 5.26 Å². The number of amides is 1. The van der Waals surface area contributed by atoms with Gasteiger partial charge in [-0.1, -0.05) is 48.5 Å². The van der Waals surface area contributed by atoms with Crippen LogP contribution in [0.15, 0.2) is 54.6 Å². The fourth-order valence-corrected chi connectivity index (χ4v) is 2.37. The second-order valence-electron chi connectivity index (χ2n) is 5.90. The third-order valence-electron chi connectivity index (χ3n) is 3.85. The first-order valence-electron chi connectivity index (χ1n) is 8.25. The minimum absolute atomic E-state index is 0.140. The molecule has 0 aromatic heterocycles. The molecule has 0 aliphatic rings. The van der Waals surface area contributed by atoms with Crippen molar-refractivity contribution < 1.29 is 14.3 Å². The molecule has 0 unspecified atom stereocenters. The number of hydrogen-bond acceptors (Lipinski definition) is 5. The van der Waals surface area contributed by atoms with Crippen LogP contribution in [-0.2, 0) is 27.4 Å². The largest absolute Gasteiger partial charge is 0.459 e. The van der Waals surface area contributed by atoms with Crippen molar-refractivity contribution in [2.75, 3.05) is 0 Å². The van der Waals surface area contributed by atoms with Gasteiger partial charge in [0, 0.05) is 0 Å². The number of hydrogen-bond donors (Lipinski definition) is 2. The average molecular weight is 351 g/mol. The van der Waals surface area contributed by atoms with Crippen LogP contribution < -0.4 is 11.1 Å². The molecule has 0 saturated heterocycles. The third-order valence-corrected chi connectivity index (χ3v) is 3.85. The molecule has 6 heteroatoms. The summed E-state index contributed by atoms with van der Waals surface area (Å²) in [6, 6.07) is 16.6. The molecule has 26 heavy (non-hydrogen) atoms. The molecule has 6 nitrogen and oxygen atoms in total. The van der Waals surface area contributed by atoms with Crippen molar-refractivity contribution in [3.63, 3.8) is 0 Å². The quantitative estimate of drug-likeness (QED) is 0.738. The summed E-state index contributed by atoms with van der Waals surface area (Å²) in [6.07, 6.45) is 0.210. The molecule has 2 atom stereocenters. The van der Waals surface area contributed by atoms with Crippen LogP contribution >= 0.6 is 0 Å². The molecule has 2 rings (SSSR count). The Bertz CT molecular complexity index is 799. The number of nitriles is 1. The minimum atomic E-state index is -0.867. The molecule has 0 fully saturated rings. The van der Waals surface area contributed by atoms with Crippen LogP contribution in [0.5, 0.6) is 0 Å². The van der Waals surface area contributed by atoms with Gasteiger partial charge in [0.25, 0.3) is 0 Å². The molecule has 134 valence electrons. The number of carbonyl (C=O) groups excluding carboxylic acids is 2. The van der Waals surface area contributed by atoms with Crippen LogP contribution in [0, 0.1) is 11.3 Å². The van der Waals surface area contributed by atoms with Crippen molar-refractivity contribution in [1.82, 2.24) is 5.32 Å². The molecule has 2 aromatic rings. The van der Waals surface area contributed by atoms with Gasteiger partial charge in [0.15, 0.2) is 0 Å². The molecule has 0 aliphatic carbocycles.